The Morgan fingerprint density at radius 3 is 2.48 bits per heavy atom. The first-order chi connectivity index (χ1) is 12.0. The van der Waals surface area contributed by atoms with E-state index in [0.29, 0.717) is 31.1 Å². The number of ether oxygens (including phenoxy) is 2. The molecule has 1 saturated carbocycles. The van der Waals surface area contributed by atoms with Crippen molar-refractivity contribution in [2.75, 3.05) is 33.4 Å². The summed E-state index contributed by atoms with van der Waals surface area (Å²) in [7, 11) is 1.61. The zero-order valence-electron chi connectivity index (χ0n) is 14.7. The third kappa shape index (κ3) is 5.72. The molecule has 0 aromatic heterocycles. The normalized spacial score (nSPS) is 19.3. The number of amides is 1. The second kappa shape index (κ2) is 9.39. The SMILES string of the molecule is CCN(CC(=O)O)C1CC(NC(=O)c2ccc(OCCOC)cc2)C1. The number of nitrogens with zero attached hydrogens (tertiary/aromatic N) is 1. The Morgan fingerprint density at radius 2 is 1.92 bits per heavy atom. The van der Waals surface area contributed by atoms with Gasteiger partial charge in [0.2, 0.25) is 0 Å². The number of benzene rings is 1. The predicted octanol–water partition coefficient (Wildman–Crippen LogP) is 1.38. The van der Waals surface area contributed by atoms with Crippen molar-refractivity contribution in [1.29, 1.82) is 0 Å². The van der Waals surface area contributed by atoms with Gasteiger partial charge in [-0.2, -0.15) is 0 Å². The number of carboxylic acid groups (broad SMARTS) is 1. The van der Waals surface area contributed by atoms with E-state index in [1.165, 1.54) is 0 Å². The molecule has 1 aromatic rings. The van der Waals surface area contributed by atoms with Crippen LogP contribution in [-0.4, -0.2) is 67.4 Å². The van der Waals surface area contributed by atoms with Gasteiger partial charge in [0, 0.05) is 24.8 Å². The van der Waals surface area contributed by atoms with E-state index in [1.54, 1.807) is 31.4 Å². The molecular formula is C18H26N2O5. The van der Waals surface area contributed by atoms with Crippen molar-refractivity contribution in [1.82, 2.24) is 10.2 Å². The molecule has 0 radical (unpaired) electrons. The van der Waals surface area contributed by atoms with E-state index < -0.39 is 5.97 Å². The van der Waals surface area contributed by atoms with Crippen molar-refractivity contribution in [3.05, 3.63) is 29.8 Å². The largest absolute Gasteiger partial charge is 0.491 e. The van der Waals surface area contributed by atoms with E-state index in [-0.39, 0.29) is 24.5 Å². The molecule has 0 spiro atoms. The number of carbonyl (C=O) groups is 2. The minimum Gasteiger partial charge on any atom is -0.491 e. The van der Waals surface area contributed by atoms with Crippen molar-refractivity contribution < 1.29 is 24.2 Å². The first-order valence-electron chi connectivity index (χ1n) is 8.52. The summed E-state index contributed by atoms with van der Waals surface area (Å²) >= 11 is 0. The molecule has 25 heavy (non-hydrogen) atoms. The van der Waals surface area contributed by atoms with E-state index in [1.807, 2.05) is 11.8 Å². The lowest BCUT2D eigenvalue weighted by molar-refractivity contribution is -0.139. The van der Waals surface area contributed by atoms with Crippen LogP contribution in [0.25, 0.3) is 0 Å². The number of aliphatic carboxylic acids is 1. The molecule has 1 aliphatic rings. The van der Waals surface area contributed by atoms with Crippen molar-refractivity contribution in [2.24, 2.45) is 0 Å². The fourth-order valence-corrected chi connectivity index (χ4v) is 2.89. The highest BCUT2D eigenvalue weighted by Gasteiger charge is 2.34. The Hall–Kier alpha value is -2.12. The van der Waals surface area contributed by atoms with Crippen LogP contribution in [0.2, 0.25) is 0 Å². The van der Waals surface area contributed by atoms with E-state index in [4.69, 9.17) is 14.6 Å². The molecule has 1 fully saturated rings. The summed E-state index contributed by atoms with van der Waals surface area (Å²) in [5.74, 6) is -0.236. The third-order valence-electron chi connectivity index (χ3n) is 4.38. The summed E-state index contributed by atoms with van der Waals surface area (Å²) in [6, 6.07) is 7.31. The van der Waals surface area contributed by atoms with E-state index >= 15 is 0 Å². The Balaban J connectivity index is 1.76. The Morgan fingerprint density at radius 1 is 1.24 bits per heavy atom. The highest BCUT2D eigenvalue weighted by molar-refractivity contribution is 5.94. The minimum absolute atomic E-state index is 0.0480. The van der Waals surface area contributed by atoms with Gasteiger partial charge in [0.1, 0.15) is 12.4 Å². The van der Waals surface area contributed by atoms with Crippen LogP contribution in [0.1, 0.15) is 30.1 Å². The Labute approximate surface area is 147 Å². The first kappa shape index (κ1) is 19.2. The Kier molecular flexibility index (Phi) is 7.21. The number of rotatable bonds is 10. The molecule has 0 unspecified atom stereocenters. The maximum absolute atomic E-state index is 12.3. The molecule has 0 heterocycles. The zero-order valence-corrected chi connectivity index (χ0v) is 14.7. The van der Waals surface area contributed by atoms with Crippen LogP contribution in [0, 0.1) is 0 Å². The van der Waals surface area contributed by atoms with Gasteiger partial charge in [-0.3, -0.25) is 14.5 Å². The van der Waals surface area contributed by atoms with Gasteiger partial charge in [0.15, 0.2) is 0 Å². The summed E-state index contributed by atoms with van der Waals surface area (Å²) in [6.07, 6.45) is 1.57. The van der Waals surface area contributed by atoms with Gasteiger partial charge in [-0.15, -0.1) is 0 Å². The van der Waals surface area contributed by atoms with Gasteiger partial charge in [-0.05, 0) is 43.7 Å². The molecule has 1 aromatic carbocycles. The van der Waals surface area contributed by atoms with Crippen LogP contribution in [-0.2, 0) is 9.53 Å². The lowest BCUT2D eigenvalue weighted by Gasteiger charge is -2.42. The average Bonchev–Trinajstić information content (AvgIpc) is 2.56. The van der Waals surface area contributed by atoms with E-state index in [2.05, 4.69) is 5.32 Å². The van der Waals surface area contributed by atoms with E-state index in [0.717, 1.165) is 12.8 Å². The molecule has 1 amide bonds. The van der Waals surface area contributed by atoms with Gasteiger partial charge in [-0.1, -0.05) is 6.92 Å². The molecule has 0 bridgehead atoms. The molecule has 0 aliphatic heterocycles. The fraction of sp³-hybridized carbons (Fsp3) is 0.556. The van der Waals surface area contributed by atoms with E-state index in [9.17, 15) is 9.59 Å². The first-order valence-corrected chi connectivity index (χ1v) is 8.52. The quantitative estimate of drug-likeness (QED) is 0.620. The summed E-state index contributed by atoms with van der Waals surface area (Å²) in [5.41, 5.74) is 0.584. The van der Waals surface area contributed by atoms with Gasteiger partial charge in [-0.25, -0.2) is 0 Å². The maximum Gasteiger partial charge on any atom is 0.317 e. The third-order valence-corrected chi connectivity index (χ3v) is 4.38. The molecule has 7 heteroatoms. The molecule has 138 valence electrons. The minimum atomic E-state index is -0.817. The summed E-state index contributed by atoms with van der Waals surface area (Å²) in [5, 5.41) is 11.9. The van der Waals surface area contributed by atoms with Crippen molar-refractivity contribution in [3.63, 3.8) is 0 Å². The van der Waals surface area contributed by atoms with Crippen LogP contribution in [0.4, 0.5) is 0 Å². The lowest BCUT2D eigenvalue weighted by atomic mass is 9.85. The summed E-state index contributed by atoms with van der Waals surface area (Å²) in [4.78, 5) is 25.0. The second-order valence-corrected chi connectivity index (χ2v) is 6.12. The molecule has 0 saturated heterocycles. The predicted molar refractivity (Wildman–Crippen MR) is 93.0 cm³/mol. The van der Waals surface area contributed by atoms with Gasteiger partial charge < -0.3 is 19.9 Å². The molecule has 1 aliphatic carbocycles. The highest BCUT2D eigenvalue weighted by Crippen LogP contribution is 2.26. The number of hydrogen-bond donors (Lipinski definition) is 2. The fourth-order valence-electron chi connectivity index (χ4n) is 2.89. The number of hydrogen-bond acceptors (Lipinski definition) is 5. The molecule has 0 atom stereocenters. The van der Waals surface area contributed by atoms with Crippen LogP contribution in [0.5, 0.6) is 5.75 Å². The zero-order chi connectivity index (χ0) is 18.2. The molecule has 7 nitrogen and oxygen atoms in total. The standard InChI is InChI=1S/C18H26N2O5/c1-3-20(12-17(21)22)15-10-14(11-15)19-18(23)13-4-6-16(7-5-13)25-9-8-24-2/h4-7,14-15H,3,8-12H2,1-2H3,(H,19,23)(H,21,22). The molecule has 2 N–H and O–H groups in total. The monoisotopic (exact) mass is 350 g/mol. The second-order valence-electron chi connectivity index (χ2n) is 6.12. The van der Waals surface area contributed by atoms with Crippen LogP contribution in [0.3, 0.4) is 0 Å². The van der Waals surface area contributed by atoms with Gasteiger partial charge in [0.25, 0.3) is 5.91 Å². The Bertz CT molecular complexity index is 569. The number of methoxy groups -OCH3 is 1. The lowest BCUT2D eigenvalue weighted by Crippen LogP contribution is -2.54. The smallest absolute Gasteiger partial charge is 0.317 e. The van der Waals surface area contributed by atoms with Crippen LogP contribution >= 0.6 is 0 Å². The summed E-state index contributed by atoms with van der Waals surface area (Å²) < 4.78 is 10.4. The van der Waals surface area contributed by atoms with Gasteiger partial charge >= 0.3 is 5.97 Å². The van der Waals surface area contributed by atoms with Crippen LogP contribution < -0.4 is 10.1 Å². The molecular weight excluding hydrogens is 324 g/mol. The van der Waals surface area contributed by atoms with Crippen LogP contribution in [0.15, 0.2) is 24.3 Å². The van der Waals surface area contributed by atoms with Crippen molar-refractivity contribution >= 4 is 11.9 Å². The topological polar surface area (TPSA) is 88.1 Å². The van der Waals surface area contributed by atoms with Gasteiger partial charge in [0.05, 0.1) is 13.2 Å². The number of carbonyl (C=O) groups excluding carboxylic acids is 1. The summed E-state index contributed by atoms with van der Waals surface area (Å²) in [6.45, 7) is 3.68. The average molecular weight is 350 g/mol. The number of carboxylic acids is 1. The number of nitrogens with one attached hydrogen (secondary N) is 1. The number of likely N-dealkylation sites (N-methyl/N-ethyl adjacent to an activating group) is 1. The van der Waals surface area contributed by atoms with Crippen molar-refractivity contribution in [2.45, 2.75) is 31.8 Å². The molecule has 2 rings (SSSR count). The highest BCUT2D eigenvalue weighted by atomic mass is 16.5. The van der Waals surface area contributed by atoms with Crippen molar-refractivity contribution in [3.8, 4) is 5.75 Å². The maximum atomic E-state index is 12.3.